The van der Waals surface area contributed by atoms with E-state index in [2.05, 4.69) is 15.6 Å². The van der Waals surface area contributed by atoms with Gasteiger partial charge in [-0.15, -0.1) is 11.6 Å². The summed E-state index contributed by atoms with van der Waals surface area (Å²) in [6.07, 6.45) is 5.45. The summed E-state index contributed by atoms with van der Waals surface area (Å²) < 4.78 is 2.35. The quantitative estimate of drug-likeness (QED) is 0.780. The first-order valence-corrected chi connectivity index (χ1v) is 7.70. The van der Waals surface area contributed by atoms with Crippen LogP contribution in [0.3, 0.4) is 0 Å². The van der Waals surface area contributed by atoms with Crippen molar-refractivity contribution in [3.63, 3.8) is 0 Å². The molecule has 4 rings (SSSR count). The number of aromatic nitrogens is 3. The fourth-order valence-corrected chi connectivity index (χ4v) is 4.27. The Labute approximate surface area is 118 Å². The molecule has 0 N–H and O–H groups in total. The van der Waals surface area contributed by atoms with Gasteiger partial charge in [-0.1, -0.05) is 6.42 Å². The zero-order valence-electron chi connectivity index (χ0n) is 11.1. The number of fused-ring (bicyclic) bond motifs is 3. The van der Waals surface area contributed by atoms with Crippen molar-refractivity contribution in [2.24, 2.45) is 11.8 Å². The van der Waals surface area contributed by atoms with Crippen LogP contribution < -0.4 is 0 Å². The average Bonchev–Trinajstić information content (AvgIpc) is 3.10. The van der Waals surface area contributed by atoms with Gasteiger partial charge in [0.15, 0.2) is 5.65 Å². The van der Waals surface area contributed by atoms with Gasteiger partial charge < -0.3 is 4.57 Å². The lowest BCUT2D eigenvalue weighted by atomic mass is 9.95. The zero-order chi connectivity index (χ0) is 13.0. The number of hydrogen-bond acceptors (Lipinski definition) is 2. The Bertz CT molecular complexity index is 634. The molecule has 2 fully saturated rings. The van der Waals surface area contributed by atoms with Crippen LogP contribution in [0.15, 0.2) is 12.1 Å². The van der Waals surface area contributed by atoms with Crippen molar-refractivity contribution < 1.29 is 0 Å². The zero-order valence-corrected chi connectivity index (χ0v) is 11.9. The van der Waals surface area contributed by atoms with Gasteiger partial charge in [0.05, 0.1) is 5.88 Å². The van der Waals surface area contributed by atoms with E-state index in [1.54, 1.807) is 0 Å². The third-order valence-electron chi connectivity index (χ3n) is 4.90. The SMILES string of the molecule is Cc1ccc2nc(CCl)n(C3CC4CCC3C4)c2n1. The Morgan fingerprint density at radius 3 is 2.84 bits per heavy atom. The fourth-order valence-electron chi connectivity index (χ4n) is 4.09. The Balaban J connectivity index is 1.89. The van der Waals surface area contributed by atoms with Crippen LogP contribution in [0.4, 0.5) is 0 Å². The predicted molar refractivity (Wildman–Crippen MR) is 76.3 cm³/mol. The molecule has 2 aromatic rings. The number of rotatable bonds is 2. The van der Waals surface area contributed by atoms with E-state index in [9.17, 15) is 0 Å². The van der Waals surface area contributed by atoms with Gasteiger partial charge in [0.25, 0.3) is 0 Å². The Hall–Kier alpha value is -1.09. The molecule has 0 amide bonds. The van der Waals surface area contributed by atoms with Crippen molar-refractivity contribution in [3.05, 3.63) is 23.7 Å². The lowest BCUT2D eigenvalue weighted by Gasteiger charge is -2.25. The first-order chi connectivity index (χ1) is 9.26. The lowest BCUT2D eigenvalue weighted by molar-refractivity contribution is 0.330. The maximum atomic E-state index is 6.11. The van der Waals surface area contributed by atoms with Crippen LogP contribution in [0.2, 0.25) is 0 Å². The van der Waals surface area contributed by atoms with Crippen molar-refractivity contribution in [1.29, 1.82) is 0 Å². The minimum atomic E-state index is 0.475. The van der Waals surface area contributed by atoms with Gasteiger partial charge in [-0.05, 0) is 50.2 Å². The molecule has 3 nitrogen and oxygen atoms in total. The minimum absolute atomic E-state index is 0.475. The monoisotopic (exact) mass is 275 g/mol. The number of aryl methyl sites for hydroxylation is 1. The van der Waals surface area contributed by atoms with Crippen molar-refractivity contribution in [1.82, 2.24) is 14.5 Å². The molecule has 0 saturated heterocycles. The maximum absolute atomic E-state index is 6.11. The van der Waals surface area contributed by atoms with Crippen LogP contribution in [0.1, 0.15) is 43.2 Å². The number of hydrogen-bond donors (Lipinski definition) is 0. The molecule has 2 bridgehead atoms. The molecule has 2 aliphatic carbocycles. The van der Waals surface area contributed by atoms with Crippen LogP contribution >= 0.6 is 11.6 Å². The number of imidazole rings is 1. The van der Waals surface area contributed by atoms with E-state index in [4.69, 9.17) is 16.6 Å². The predicted octanol–water partition coefficient (Wildman–Crippen LogP) is 3.84. The smallest absolute Gasteiger partial charge is 0.160 e. The molecule has 2 aliphatic rings. The van der Waals surface area contributed by atoms with E-state index < -0.39 is 0 Å². The molecule has 0 radical (unpaired) electrons. The number of halogens is 1. The third-order valence-corrected chi connectivity index (χ3v) is 5.14. The van der Waals surface area contributed by atoms with E-state index in [1.807, 2.05) is 13.0 Å². The normalized spacial score (nSPS) is 29.5. The van der Waals surface area contributed by atoms with E-state index in [0.717, 1.165) is 34.5 Å². The molecule has 4 heteroatoms. The summed E-state index contributed by atoms with van der Waals surface area (Å²) in [5, 5.41) is 0. The van der Waals surface area contributed by atoms with Crippen LogP contribution in [0.5, 0.6) is 0 Å². The summed E-state index contributed by atoms with van der Waals surface area (Å²) in [6.45, 7) is 2.04. The standard InChI is InChI=1S/C15H18ClN3/c1-9-2-5-12-15(17-9)19(14(8-16)18-12)13-7-10-3-4-11(13)6-10/h2,5,10-11,13H,3-4,6-8H2,1H3. The summed E-state index contributed by atoms with van der Waals surface area (Å²) in [6, 6.07) is 4.67. The number of pyridine rings is 1. The molecule has 0 spiro atoms. The number of nitrogens with zero attached hydrogens (tertiary/aromatic N) is 3. The van der Waals surface area contributed by atoms with Gasteiger partial charge in [0, 0.05) is 11.7 Å². The largest absolute Gasteiger partial charge is 0.308 e. The van der Waals surface area contributed by atoms with Gasteiger partial charge in [-0.3, -0.25) is 0 Å². The highest BCUT2D eigenvalue weighted by Gasteiger charge is 2.41. The van der Waals surface area contributed by atoms with Crippen molar-refractivity contribution in [2.45, 2.75) is 44.5 Å². The van der Waals surface area contributed by atoms with Gasteiger partial charge >= 0.3 is 0 Å². The summed E-state index contributed by atoms with van der Waals surface area (Å²) in [4.78, 5) is 9.38. The highest BCUT2D eigenvalue weighted by Crippen LogP contribution is 2.51. The Kier molecular flexibility index (Phi) is 2.59. The molecule has 0 aromatic carbocycles. The van der Waals surface area contributed by atoms with Gasteiger partial charge in [0.2, 0.25) is 0 Å². The highest BCUT2D eigenvalue weighted by molar-refractivity contribution is 6.16. The first kappa shape index (κ1) is 11.7. The molecular formula is C15H18ClN3. The topological polar surface area (TPSA) is 30.7 Å². The van der Waals surface area contributed by atoms with Crippen molar-refractivity contribution in [2.75, 3.05) is 0 Å². The fraction of sp³-hybridized carbons (Fsp3) is 0.600. The summed E-state index contributed by atoms with van der Waals surface area (Å²) in [7, 11) is 0. The third kappa shape index (κ3) is 1.71. The van der Waals surface area contributed by atoms with E-state index in [0.29, 0.717) is 11.9 Å². The molecule has 2 aromatic heterocycles. The van der Waals surface area contributed by atoms with Crippen LogP contribution in [0, 0.1) is 18.8 Å². The molecule has 2 saturated carbocycles. The molecule has 19 heavy (non-hydrogen) atoms. The van der Waals surface area contributed by atoms with E-state index in [1.165, 1.54) is 25.7 Å². The van der Waals surface area contributed by atoms with Gasteiger partial charge in [0.1, 0.15) is 11.3 Å². The second-order valence-electron chi connectivity index (χ2n) is 6.07. The van der Waals surface area contributed by atoms with Crippen LogP contribution in [-0.2, 0) is 5.88 Å². The van der Waals surface area contributed by atoms with Crippen LogP contribution in [-0.4, -0.2) is 14.5 Å². The lowest BCUT2D eigenvalue weighted by Crippen LogP contribution is -2.18. The minimum Gasteiger partial charge on any atom is -0.308 e. The van der Waals surface area contributed by atoms with E-state index in [-0.39, 0.29) is 0 Å². The summed E-state index contributed by atoms with van der Waals surface area (Å²) in [5.74, 6) is 3.20. The molecule has 2 heterocycles. The maximum Gasteiger partial charge on any atom is 0.160 e. The van der Waals surface area contributed by atoms with Crippen LogP contribution in [0.25, 0.3) is 11.2 Å². The second-order valence-corrected chi connectivity index (χ2v) is 6.34. The van der Waals surface area contributed by atoms with Gasteiger partial charge in [-0.2, -0.15) is 0 Å². The second kappa shape index (κ2) is 4.20. The summed E-state index contributed by atoms with van der Waals surface area (Å²) in [5.41, 5.74) is 3.08. The Morgan fingerprint density at radius 1 is 1.26 bits per heavy atom. The average molecular weight is 276 g/mol. The van der Waals surface area contributed by atoms with E-state index >= 15 is 0 Å². The molecule has 3 atom stereocenters. The molecular weight excluding hydrogens is 258 g/mol. The molecule has 3 unspecified atom stereocenters. The summed E-state index contributed by atoms with van der Waals surface area (Å²) >= 11 is 6.11. The molecule has 100 valence electrons. The van der Waals surface area contributed by atoms with Crippen molar-refractivity contribution in [3.8, 4) is 0 Å². The Morgan fingerprint density at radius 2 is 2.16 bits per heavy atom. The highest BCUT2D eigenvalue weighted by atomic mass is 35.5. The van der Waals surface area contributed by atoms with Gasteiger partial charge in [-0.25, -0.2) is 9.97 Å². The van der Waals surface area contributed by atoms with Crippen molar-refractivity contribution >= 4 is 22.8 Å². The number of alkyl halides is 1. The molecule has 0 aliphatic heterocycles. The first-order valence-electron chi connectivity index (χ1n) is 7.16.